The van der Waals surface area contributed by atoms with Gasteiger partial charge in [-0.3, -0.25) is 4.79 Å². The van der Waals surface area contributed by atoms with Crippen LogP contribution in [0.3, 0.4) is 0 Å². The third-order valence-electron chi connectivity index (χ3n) is 3.70. The minimum atomic E-state index is -0.180. The number of rotatable bonds is 4. The van der Waals surface area contributed by atoms with Crippen molar-refractivity contribution in [3.05, 3.63) is 0 Å². The Bertz CT molecular complexity index is 279. The molecule has 2 saturated heterocycles. The maximum atomic E-state index is 12.0. The molecule has 0 aromatic carbocycles. The van der Waals surface area contributed by atoms with Crippen LogP contribution < -0.4 is 5.32 Å². The number of piperidine rings is 1. The maximum Gasteiger partial charge on any atom is 0.248 e. The summed E-state index contributed by atoms with van der Waals surface area (Å²) >= 11 is 0. The summed E-state index contributed by atoms with van der Waals surface area (Å²) in [4.78, 5) is 13.8. The zero-order valence-electron chi connectivity index (χ0n) is 10.4. The van der Waals surface area contributed by atoms with E-state index in [0.717, 1.165) is 38.9 Å². The second-order valence-corrected chi connectivity index (χ2v) is 5.26. The Balaban J connectivity index is 1.81. The zero-order valence-corrected chi connectivity index (χ0v) is 10.4. The van der Waals surface area contributed by atoms with Crippen molar-refractivity contribution >= 4 is 5.91 Å². The van der Waals surface area contributed by atoms with Crippen LogP contribution in [0.1, 0.15) is 26.2 Å². The van der Waals surface area contributed by atoms with Gasteiger partial charge in [0.15, 0.2) is 0 Å². The molecule has 1 amide bonds. The number of amides is 1. The van der Waals surface area contributed by atoms with Gasteiger partial charge in [0, 0.05) is 19.6 Å². The lowest BCUT2D eigenvalue weighted by Crippen LogP contribution is -2.60. The van der Waals surface area contributed by atoms with Crippen molar-refractivity contribution in [2.24, 2.45) is 0 Å². The SMILES string of the molecule is CC1(OCC(=O)N2CCCCC2CO)CNC1. The Labute approximate surface area is 102 Å². The predicted molar refractivity (Wildman–Crippen MR) is 63.7 cm³/mol. The van der Waals surface area contributed by atoms with Crippen LogP contribution in [0.5, 0.6) is 0 Å². The number of hydrogen-bond donors (Lipinski definition) is 2. The highest BCUT2D eigenvalue weighted by molar-refractivity contribution is 5.78. The van der Waals surface area contributed by atoms with Gasteiger partial charge in [-0.1, -0.05) is 0 Å². The van der Waals surface area contributed by atoms with E-state index in [4.69, 9.17) is 4.74 Å². The lowest BCUT2D eigenvalue weighted by atomic mass is 10.00. The summed E-state index contributed by atoms with van der Waals surface area (Å²) in [5, 5.41) is 12.4. The van der Waals surface area contributed by atoms with E-state index < -0.39 is 0 Å². The van der Waals surface area contributed by atoms with Gasteiger partial charge in [0.2, 0.25) is 5.91 Å². The molecule has 17 heavy (non-hydrogen) atoms. The van der Waals surface area contributed by atoms with E-state index in [1.54, 1.807) is 4.90 Å². The van der Waals surface area contributed by atoms with Crippen LogP contribution in [0.2, 0.25) is 0 Å². The molecule has 2 aliphatic rings. The fraction of sp³-hybridized carbons (Fsp3) is 0.917. The normalized spacial score (nSPS) is 27.6. The number of nitrogens with one attached hydrogen (secondary N) is 1. The molecule has 0 radical (unpaired) electrons. The number of nitrogens with zero attached hydrogens (tertiary/aromatic N) is 1. The largest absolute Gasteiger partial charge is 0.394 e. The van der Waals surface area contributed by atoms with Gasteiger partial charge in [0.05, 0.1) is 18.2 Å². The van der Waals surface area contributed by atoms with Crippen molar-refractivity contribution in [1.29, 1.82) is 0 Å². The van der Waals surface area contributed by atoms with Crippen LogP contribution in [0.4, 0.5) is 0 Å². The highest BCUT2D eigenvalue weighted by Gasteiger charge is 2.34. The number of aliphatic hydroxyl groups is 1. The first kappa shape index (κ1) is 12.8. The van der Waals surface area contributed by atoms with Crippen LogP contribution in [-0.4, -0.2) is 60.4 Å². The molecular formula is C12H22N2O3. The van der Waals surface area contributed by atoms with E-state index in [0.29, 0.717) is 0 Å². The number of likely N-dealkylation sites (tertiary alicyclic amines) is 1. The Morgan fingerprint density at radius 3 is 2.88 bits per heavy atom. The number of ether oxygens (including phenoxy) is 1. The molecule has 98 valence electrons. The molecule has 2 heterocycles. The Kier molecular flexibility index (Phi) is 4.01. The first-order valence-electron chi connectivity index (χ1n) is 6.40. The van der Waals surface area contributed by atoms with Crippen molar-refractivity contribution in [3.63, 3.8) is 0 Å². The molecule has 5 nitrogen and oxygen atoms in total. The second-order valence-electron chi connectivity index (χ2n) is 5.26. The summed E-state index contributed by atoms with van der Waals surface area (Å²) in [5.74, 6) is 0.0110. The summed E-state index contributed by atoms with van der Waals surface area (Å²) in [6.07, 6.45) is 3.03. The van der Waals surface area contributed by atoms with Crippen molar-refractivity contribution < 1.29 is 14.6 Å². The van der Waals surface area contributed by atoms with E-state index in [1.807, 2.05) is 6.92 Å². The smallest absolute Gasteiger partial charge is 0.248 e. The highest BCUT2D eigenvalue weighted by Crippen LogP contribution is 2.19. The van der Waals surface area contributed by atoms with Gasteiger partial charge < -0.3 is 20.1 Å². The van der Waals surface area contributed by atoms with Crippen molar-refractivity contribution in [2.75, 3.05) is 32.8 Å². The fourth-order valence-corrected chi connectivity index (χ4v) is 2.42. The van der Waals surface area contributed by atoms with Crippen LogP contribution in [0.15, 0.2) is 0 Å². The summed E-state index contributed by atoms with van der Waals surface area (Å²) in [7, 11) is 0. The van der Waals surface area contributed by atoms with Gasteiger partial charge in [0.25, 0.3) is 0 Å². The van der Waals surface area contributed by atoms with Crippen LogP contribution in [0, 0.1) is 0 Å². The number of carbonyl (C=O) groups excluding carboxylic acids is 1. The van der Waals surface area contributed by atoms with Crippen molar-refractivity contribution in [3.8, 4) is 0 Å². The minimum absolute atomic E-state index is 0.00725. The molecule has 0 bridgehead atoms. The Morgan fingerprint density at radius 1 is 1.53 bits per heavy atom. The third-order valence-corrected chi connectivity index (χ3v) is 3.70. The quantitative estimate of drug-likeness (QED) is 0.713. The molecule has 0 aromatic heterocycles. The average Bonchev–Trinajstić information content (AvgIpc) is 2.33. The van der Waals surface area contributed by atoms with Crippen LogP contribution in [0.25, 0.3) is 0 Å². The van der Waals surface area contributed by atoms with Crippen LogP contribution >= 0.6 is 0 Å². The minimum Gasteiger partial charge on any atom is -0.394 e. The summed E-state index contributed by atoms with van der Waals surface area (Å²) in [6, 6.07) is -0.00725. The molecule has 1 atom stereocenters. The van der Waals surface area contributed by atoms with Gasteiger partial charge in [-0.2, -0.15) is 0 Å². The number of carbonyl (C=O) groups is 1. The molecule has 1 unspecified atom stereocenters. The van der Waals surface area contributed by atoms with E-state index in [9.17, 15) is 9.90 Å². The number of aliphatic hydroxyl groups excluding tert-OH is 1. The number of hydrogen-bond acceptors (Lipinski definition) is 4. The molecule has 2 aliphatic heterocycles. The zero-order chi connectivity index (χ0) is 12.3. The van der Waals surface area contributed by atoms with E-state index in [2.05, 4.69) is 5.32 Å². The lowest BCUT2D eigenvalue weighted by Gasteiger charge is -2.40. The lowest BCUT2D eigenvalue weighted by molar-refractivity contribution is -0.150. The highest BCUT2D eigenvalue weighted by atomic mass is 16.5. The first-order valence-corrected chi connectivity index (χ1v) is 6.40. The Morgan fingerprint density at radius 2 is 2.29 bits per heavy atom. The standard InChI is InChI=1S/C12H22N2O3/c1-12(8-13-9-12)17-7-11(16)14-5-3-2-4-10(14)6-15/h10,13,15H,2-9H2,1H3. The first-order chi connectivity index (χ1) is 8.14. The van der Waals surface area contributed by atoms with E-state index in [-0.39, 0.29) is 30.8 Å². The second kappa shape index (κ2) is 5.33. The molecule has 5 heteroatoms. The predicted octanol–water partition coefficient (Wildman–Crippen LogP) is -0.262. The third kappa shape index (κ3) is 2.97. The van der Waals surface area contributed by atoms with Gasteiger partial charge >= 0.3 is 0 Å². The monoisotopic (exact) mass is 242 g/mol. The Hall–Kier alpha value is -0.650. The van der Waals surface area contributed by atoms with E-state index in [1.165, 1.54) is 0 Å². The van der Waals surface area contributed by atoms with Gasteiger partial charge in [-0.15, -0.1) is 0 Å². The molecule has 2 N–H and O–H groups in total. The fourth-order valence-electron chi connectivity index (χ4n) is 2.42. The van der Waals surface area contributed by atoms with Gasteiger partial charge in [0.1, 0.15) is 6.61 Å². The molecule has 2 rings (SSSR count). The maximum absolute atomic E-state index is 12.0. The molecule has 0 aromatic rings. The summed E-state index contributed by atoms with van der Waals surface area (Å²) < 4.78 is 5.64. The van der Waals surface area contributed by atoms with Crippen LogP contribution in [-0.2, 0) is 9.53 Å². The van der Waals surface area contributed by atoms with Crippen molar-refractivity contribution in [1.82, 2.24) is 10.2 Å². The van der Waals surface area contributed by atoms with Gasteiger partial charge in [-0.25, -0.2) is 0 Å². The topological polar surface area (TPSA) is 61.8 Å². The summed E-state index contributed by atoms with van der Waals surface area (Å²) in [5.41, 5.74) is -0.180. The summed E-state index contributed by atoms with van der Waals surface area (Å²) in [6.45, 7) is 4.57. The van der Waals surface area contributed by atoms with Gasteiger partial charge in [-0.05, 0) is 26.2 Å². The molecule has 0 saturated carbocycles. The molecule has 2 fully saturated rings. The molecular weight excluding hydrogens is 220 g/mol. The van der Waals surface area contributed by atoms with E-state index >= 15 is 0 Å². The average molecular weight is 242 g/mol. The molecule has 0 aliphatic carbocycles. The van der Waals surface area contributed by atoms with Crippen molar-refractivity contribution in [2.45, 2.75) is 37.8 Å². The molecule has 0 spiro atoms.